The zero-order valence-electron chi connectivity index (χ0n) is 13.6. The molecule has 0 bridgehead atoms. The molecule has 1 aromatic heterocycles. The van der Waals surface area contributed by atoms with Gasteiger partial charge >= 0.3 is 5.69 Å². The molecule has 1 aliphatic rings. The van der Waals surface area contributed by atoms with Crippen LogP contribution in [0.4, 0.5) is 11.5 Å². The van der Waals surface area contributed by atoms with Gasteiger partial charge in [-0.25, -0.2) is 4.98 Å². The van der Waals surface area contributed by atoms with Gasteiger partial charge in [0.1, 0.15) is 11.5 Å². The third-order valence-corrected chi connectivity index (χ3v) is 4.28. The van der Waals surface area contributed by atoms with E-state index in [0.717, 1.165) is 29.9 Å². The van der Waals surface area contributed by atoms with Crippen LogP contribution < -0.4 is 14.4 Å². The largest absolute Gasteiger partial charge is 0.497 e. The van der Waals surface area contributed by atoms with Crippen molar-refractivity contribution >= 4 is 11.5 Å². The number of methoxy groups -OCH3 is 2. The third kappa shape index (κ3) is 2.84. The van der Waals surface area contributed by atoms with Crippen LogP contribution in [0.2, 0.25) is 0 Å². The van der Waals surface area contributed by atoms with Crippen molar-refractivity contribution in [2.24, 2.45) is 0 Å². The third-order valence-electron chi connectivity index (χ3n) is 4.28. The number of benzene rings is 1. The monoisotopic (exact) mass is 329 g/mol. The van der Waals surface area contributed by atoms with Gasteiger partial charge in [0.15, 0.2) is 0 Å². The van der Waals surface area contributed by atoms with Crippen molar-refractivity contribution in [2.75, 3.05) is 25.7 Å². The topological polar surface area (TPSA) is 77.7 Å². The molecule has 1 atom stereocenters. The van der Waals surface area contributed by atoms with Gasteiger partial charge in [-0.05, 0) is 37.1 Å². The summed E-state index contributed by atoms with van der Waals surface area (Å²) in [4.78, 5) is 17.2. The molecule has 3 rings (SSSR count). The van der Waals surface area contributed by atoms with E-state index >= 15 is 0 Å². The molecule has 7 nitrogen and oxygen atoms in total. The van der Waals surface area contributed by atoms with Crippen molar-refractivity contribution in [1.29, 1.82) is 0 Å². The molecule has 0 spiro atoms. The van der Waals surface area contributed by atoms with Gasteiger partial charge in [-0.15, -0.1) is 0 Å². The molecule has 0 N–H and O–H groups in total. The van der Waals surface area contributed by atoms with Crippen LogP contribution in [0.3, 0.4) is 0 Å². The quantitative estimate of drug-likeness (QED) is 0.618. The maximum Gasteiger partial charge on any atom is 0.311 e. The lowest BCUT2D eigenvalue weighted by Crippen LogP contribution is -2.24. The molecular formula is C17H19N3O4. The Labute approximate surface area is 140 Å². The summed E-state index contributed by atoms with van der Waals surface area (Å²) in [5.41, 5.74) is 0.973. The maximum atomic E-state index is 11.3. The number of nitro groups is 1. The molecule has 0 radical (unpaired) electrons. The Balaban J connectivity index is 2.05. The van der Waals surface area contributed by atoms with E-state index in [1.54, 1.807) is 26.5 Å². The highest BCUT2D eigenvalue weighted by atomic mass is 16.6. The normalized spacial score (nSPS) is 16.9. The number of hydrogen-bond acceptors (Lipinski definition) is 6. The smallest absolute Gasteiger partial charge is 0.311 e. The van der Waals surface area contributed by atoms with Gasteiger partial charge in [0.2, 0.25) is 5.82 Å². The molecule has 24 heavy (non-hydrogen) atoms. The van der Waals surface area contributed by atoms with Gasteiger partial charge in [0, 0.05) is 24.4 Å². The Morgan fingerprint density at radius 2 is 2.12 bits per heavy atom. The predicted octanol–water partition coefficient (Wildman–Crippen LogP) is 3.35. The second-order valence-electron chi connectivity index (χ2n) is 5.56. The van der Waals surface area contributed by atoms with E-state index in [1.807, 2.05) is 23.1 Å². The van der Waals surface area contributed by atoms with Crippen molar-refractivity contribution in [2.45, 2.75) is 18.9 Å². The fraction of sp³-hybridized carbons (Fsp3) is 0.353. The van der Waals surface area contributed by atoms with Gasteiger partial charge in [0.05, 0.1) is 25.2 Å². The molecule has 0 amide bonds. The van der Waals surface area contributed by atoms with E-state index in [-0.39, 0.29) is 16.7 Å². The highest BCUT2D eigenvalue weighted by Gasteiger charge is 2.33. The number of anilines is 1. The second-order valence-corrected chi connectivity index (χ2v) is 5.56. The summed E-state index contributed by atoms with van der Waals surface area (Å²) in [6, 6.07) is 8.65. The van der Waals surface area contributed by atoms with Crippen LogP contribution in [0.5, 0.6) is 11.5 Å². The van der Waals surface area contributed by atoms with E-state index in [0.29, 0.717) is 12.4 Å². The summed E-state index contributed by atoms with van der Waals surface area (Å²) in [7, 11) is 3.23. The number of pyridine rings is 1. The lowest BCUT2D eigenvalue weighted by molar-refractivity contribution is -0.384. The van der Waals surface area contributed by atoms with Gasteiger partial charge < -0.3 is 14.4 Å². The van der Waals surface area contributed by atoms with E-state index in [9.17, 15) is 10.1 Å². The van der Waals surface area contributed by atoms with Gasteiger partial charge in [0.25, 0.3) is 0 Å². The molecule has 0 unspecified atom stereocenters. The Morgan fingerprint density at radius 3 is 2.83 bits per heavy atom. The molecule has 2 heterocycles. The number of aromatic nitrogens is 1. The van der Waals surface area contributed by atoms with Crippen molar-refractivity contribution in [1.82, 2.24) is 4.98 Å². The predicted molar refractivity (Wildman–Crippen MR) is 89.8 cm³/mol. The highest BCUT2D eigenvalue weighted by Crippen LogP contribution is 2.42. The fourth-order valence-corrected chi connectivity index (χ4v) is 3.20. The minimum absolute atomic E-state index is 0.0197. The molecule has 1 saturated heterocycles. The first-order chi connectivity index (χ1) is 11.7. The Bertz CT molecular complexity index is 750. The molecule has 1 aromatic carbocycles. The molecule has 2 aromatic rings. The minimum Gasteiger partial charge on any atom is -0.497 e. The van der Waals surface area contributed by atoms with Crippen LogP contribution in [0.25, 0.3) is 0 Å². The van der Waals surface area contributed by atoms with E-state index in [1.165, 1.54) is 6.07 Å². The van der Waals surface area contributed by atoms with Crippen LogP contribution in [-0.4, -0.2) is 30.7 Å². The summed E-state index contributed by atoms with van der Waals surface area (Å²) in [5, 5.41) is 11.3. The number of hydrogen-bond donors (Lipinski definition) is 0. The Kier molecular flexibility index (Phi) is 4.50. The number of rotatable bonds is 5. The van der Waals surface area contributed by atoms with Crippen LogP contribution >= 0.6 is 0 Å². The lowest BCUT2D eigenvalue weighted by Gasteiger charge is -2.27. The van der Waals surface area contributed by atoms with Crippen LogP contribution in [0.1, 0.15) is 24.4 Å². The van der Waals surface area contributed by atoms with Crippen LogP contribution in [0.15, 0.2) is 36.5 Å². The Morgan fingerprint density at radius 1 is 1.29 bits per heavy atom. The summed E-state index contributed by atoms with van der Waals surface area (Å²) in [5.74, 6) is 1.87. The van der Waals surface area contributed by atoms with Crippen LogP contribution in [0, 0.1) is 10.1 Å². The zero-order valence-corrected chi connectivity index (χ0v) is 13.6. The van der Waals surface area contributed by atoms with E-state index in [4.69, 9.17) is 9.47 Å². The minimum atomic E-state index is -0.388. The van der Waals surface area contributed by atoms with E-state index in [2.05, 4.69) is 4.98 Å². The summed E-state index contributed by atoms with van der Waals surface area (Å²) >= 11 is 0. The fourth-order valence-electron chi connectivity index (χ4n) is 3.20. The first kappa shape index (κ1) is 16.0. The number of ether oxygens (including phenoxy) is 2. The zero-order chi connectivity index (χ0) is 17.1. The summed E-state index contributed by atoms with van der Waals surface area (Å²) in [6.45, 7) is 0.711. The second kappa shape index (κ2) is 6.74. The SMILES string of the molecule is COc1ccc(OC)c([C@@H]2CCCN2c2ncccc2[N+](=O)[O-])c1. The molecule has 1 aliphatic heterocycles. The molecule has 126 valence electrons. The maximum absolute atomic E-state index is 11.3. The first-order valence-electron chi connectivity index (χ1n) is 7.73. The van der Waals surface area contributed by atoms with Crippen LogP contribution in [-0.2, 0) is 0 Å². The Hall–Kier alpha value is -2.83. The van der Waals surface area contributed by atoms with E-state index < -0.39 is 0 Å². The number of nitrogens with zero attached hydrogens (tertiary/aromatic N) is 3. The van der Waals surface area contributed by atoms with Gasteiger partial charge in [-0.1, -0.05) is 0 Å². The first-order valence-corrected chi connectivity index (χ1v) is 7.73. The van der Waals surface area contributed by atoms with Crippen molar-refractivity contribution in [3.8, 4) is 11.5 Å². The van der Waals surface area contributed by atoms with Gasteiger partial charge in [-0.2, -0.15) is 0 Å². The lowest BCUT2D eigenvalue weighted by atomic mass is 10.0. The van der Waals surface area contributed by atoms with Crippen molar-refractivity contribution in [3.63, 3.8) is 0 Å². The van der Waals surface area contributed by atoms with Crippen molar-refractivity contribution < 1.29 is 14.4 Å². The molecule has 7 heteroatoms. The average Bonchev–Trinajstić information content (AvgIpc) is 3.10. The van der Waals surface area contributed by atoms with Gasteiger partial charge in [-0.3, -0.25) is 10.1 Å². The molecule has 0 aliphatic carbocycles. The molecular weight excluding hydrogens is 310 g/mol. The van der Waals surface area contributed by atoms with Crippen molar-refractivity contribution in [3.05, 3.63) is 52.2 Å². The highest BCUT2D eigenvalue weighted by molar-refractivity contribution is 5.60. The molecule has 1 fully saturated rings. The average molecular weight is 329 g/mol. The summed E-state index contributed by atoms with van der Waals surface area (Å²) in [6.07, 6.45) is 3.39. The molecule has 0 saturated carbocycles. The summed E-state index contributed by atoms with van der Waals surface area (Å²) < 4.78 is 10.8. The standard InChI is InChI=1S/C17H19N3O4/c1-23-12-7-8-16(24-2)13(11-12)14-6-4-10-19(14)17-15(20(21)22)5-3-9-18-17/h3,5,7-9,11,14H,4,6,10H2,1-2H3/t14-/m0/s1.